The van der Waals surface area contributed by atoms with Gasteiger partial charge in [0.05, 0.1) is 31.3 Å². The predicted molar refractivity (Wildman–Crippen MR) is 123 cm³/mol. The van der Waals surface area contributed by atoms with Gasteiger partial charge in [-0.1, -0.05) is 18.2 Å². The van der Waals surface area contributed by atoms with E-state index in [1.165, 1.54) is 15.9 Å². The molecule has 0 aliphatic carbocycles. The Morgan fingerprint density at radius 1 is 0.765 bits per heavy atom. The van der Waals surface area contributed by atoms with Crippen LogP contribution in [0, 0.1) is 0 Å². The molecule has 5 aromatic rings. The van der Waals surface area contributed by atoms with E-state index in [1.54, 1.807) is 74.1 Å². The molecule has 0 atom stereocenters. The van der Waals surface area contributed by atoms with E-state index in [4.69, 9.17) is 14.2 Å². The molecule has 1 aromatic carbocycles. The largest absolute Gasteiger partial charge is 0.493 e. The maximum Gasteiger partial charge on any atom is 0.265 e. The summed E-state index contributed by atoms with van der Waals surface area (Å²) in [5, 5.41) is 0. The molecule has 1 aliphatic heterocycles. The number of aromatic nitrogens is 4. The average Bonchev–Trinajstić information content (AvgIpc) is 2.87. The molecule has 0 N–H and O–H groups in total. The molecule has 0 radical (unpaired) electrons. The van der Waals surface area contributed by atoms with Gasteiger partial charge in [-0.25, -0.2) is 0 Å². The van der Waals surface area contributed by atoms with Gasteiger partial charge in [-0.3, -0.25) is 18.4 Å². The first-order valence-corrected chi connectivity index (χ1v) is 10.5. The molecule has 0 saturated carbocycles. The first-order chi connectivity index (χ1) is 16.6. The Kier molecular flexibility index (Phi) is 4.38. The molecule has 9 nitrogen and oxygen atoms in total. The van der Waals surface area contributed by atoms with Crippen LogP contribution in [-0.4, -0.2) is 33.0 Å². The molecule has 4 aromatic heterocycles. The minimum absolute atomic E-state index is 0.121. The van der Waals surface area contributed by atoms with Crippen LogP contribution in [0.5, 0.6) is 23.3 Å². The Labute approximate surface area is 192 Å². The molecule has 0 fully saturated rings. The number of rotatable bonds is 3. The van der Waals surface area contributed by atoms with Gasteiger partial charge >= 0.3 is 0 Å². The number of ether oxygens (including phenoxy) is 3. The third-order valence-electron chi connectivity index (χ3n) is 5.98. The lowest BCUT2D eigenvalue weighted by atomic mass is 9.85. The average molecular weight is 454 g/mol. The van der Waals surface area contributed by atoms with Gasteiger partial charge in [0.2, 0.25) is 11.8 Å². The van der Waals surface area contributed by atoms with Crippen LogP contribution in [0.4, 0.5) is 0 Å². The molecule has 6 rings (SSSR count). The number of hydrogen-bond donors (Lipinski definition) is 0. The van der Waals surface area contributed by atoms with Gasteiger partial charge in [-0.05, 0) is 42.0 Å². The Morgan fingerprint density at radius 2 is 1.32 bits per heavy atom. The Hall–Kier alpha value is -4.66. The normalized spacial score (nSPS) is 12.8. The number of hydrogen-bond acceptors (Lipinski definition) is 7. The van der Waals surface area contributed by atoms with E-state index in [1.807, 2.05) is 0 Å². The van der Waals surface area contributed by atoms with Crippen LogP contribution in [-0.2, 0) is 0 Å². The van der Waals surface area contributed by atoms with Crippen molar-refractivity contribution in [3.8, 4) is 23.3 Å². The van der Waals surface area contributed by atoms with Gasteiger partial charge < -0.3 is 14.2 Å². The van der Waals surface area contributed by atoms with Crippen LogP contribution in [0.15, 0.2) is 76.6 Å². The lowest BCUT2D eigenvalue weighted by Crippen LogP contribution is -2.32. The Morgan fingerprint density at radius 3 is 1.85 bits per heavy atom. The van der Waals surface area contributed by atoms with E-state index in [0.717, 1.165) is 0 Å². The highest BCUT2D eigenvalue weighted by Gasteiger charge is 2.37. The Balaban J connectivity index is 1.73. The number of pyridine rings is 2. The van der Waals surface area contributed by atoms with Crippen molar-refractivity contribution in [1.82, 2.24) is 18.8 Å². The summed E-state index contributed by atoms with van der Waals surface area (Å²) in [4.78, 5) is 36.5. The zero-order valence-corrected chi connectivity index (χ0v) is 18.3. The topological polar surface area (TPSA) is 96.4 Å². The van der Waals surface area contributed by atoms with Gasteiger partial charge in [-0.15, -0.1) is 0 Å². The SMILES string of the molecule is COc1ccc(C2c3c(nc4ccccn4c3=O)Oc3nc4ccccn4c(=O)c32)cc1OC. The fourth-order valence-electron chi connectivity index (χ4n) is 4.42. The fraction of sp³-hybridized carbons (Fsp3) is 0.120. The van der Waals surface area contributed by atoms with Gasteiger partial charge in [0.1, 0.15) is 11.3 Å². The summed E-state index contributed by atoms with van der Waals surface area (Å²) in [7, 11) is 3.07. The fourth-order valence-corrected chi connectivity index (χ4v) is 4.42. The summed E-state index contributed by atoms with van der Waals surface area (Å²) in [6.07, 6.45) is 3.27. The van der Waals surface area contributed by atoms with Crippen LogP contribution in [0.1, 0.15) is 22.6 Å². The maximum atomic E-state index is 13.7. The van der Waals surface area contributed by atoms with Crippen molar-refractivity contribution in [2.24, 2.45) is 0 Å². The molecular weight excluding hydrogens is 436 g/mol. The molecule has 0 amide bonds. The summed E-state index contributed by atoms with van der Waals surface area (Å²) in [5.74, 6) is 0.455. The molecule has 0 saturated heterocycles. The number of fused-ring (bicyclic) bond motifs is 4. The Bertz CT molecular complexity index is 1620. The second-order valence-corrected chi connectivity index (χ2v) is 7.78. The molecule has 5 heterocycles. The van der Waals surface area contributed by atoms with E-state index in [-0.39, 0.29) is 34.0 Å². The lowest BCUT2D eigenvalue weighted by molar-refractivity contribution is 0.354. The van der Waals surface area contributed by atoms with E-state index >= 15 is 0 Å². The first-order valence-electron chi connectivity index (χ1n) is 10.5. The van der Waals surface area contributed by atoms with E-state index in [0.29, 0.717) is 28.4 Å². The first kappa shape index (κ1) is 20.0. The van der Waals surface area contributed by atoms with Gasteiger partial charge in [0, 0.05) is 12.4 Å². The minimum Gasteiger partial charge on any atom is -0.493 e. The second-order valence-electron chi connectivity index (χ2n) is 7.78. The zero-order valence-electron chi connectivity index (χ0n) is 18.3. The van der Waals surface area contributed by atoms with Crippen molar-refractivity contribution < 1.29 is 14.2 Å². The van der Waals surface area contributed by atoms with Crippen molar-refractivity contribution in [3.05, 3.63) is 104 Å². The minimum atomic E-state index is -0.784. The van der Waals surface area contributed by atoms with Crippen LogP contribution in [0.25, 0.3) is 11.3 Å². The van der Waals surface area contributed by atoms with Crippen molar-refractivity contribution in [3.63, 3.8) is 0 Å². The predicted octanol–water partition coefficient (Wildman–Crippen LogP) is 3.01. The number of benzene rings is 1. The van der Waals surface area contributed by atoms with Crippen LogP contribution in [0.2, 0.25) is 0 Å². The molecular formula is C25H18N4O5. The number of nitrogens with zero attached hydrogens (tertiary/aromatic N) is 4. The summed E-state index contributed by atoms with van der Waals surface area (Å²) >= 11 is 0. The standard InChI is InChI=1S/C25H18N4O5/c1-32-15-10-9-14(13-16(15)33-2)19-20-22(26-17-7-3-5-11-28(17)24(20)30)34-23-21(19)25(31)29-12-6-4-8-18(29)27-23/h3-13,19H,1-2H3. The molecule has 0 unspecified atom stereocenters. The van der Waals surface area contributed by atoms with Crippen LogP contribution < -0.4 is 25.3 Å². The van der Waals surface area contributed by atoms with Crippen molar-refractivity contribution in [2.75, 3.05) is 14.2 Å². The van der Waals surface area contributed by atoms with Crippen molar-refractivity contribution in [1.29, 1.82) is 0 Å². The van der Waals surface area contributed by atoms with E-state index in [2.05, 4.69) is 9.97 Å². The third-order valence-corrected chi connectivity index (χ3v) is 5.98. The van der Waals surface area contributed by atoms with Crippen molar-refractivity contribution in [2.45, 2.75) is 5.92 Å². The quantitative estimate of drug-likeness (QED) is 0.406. The smallest absolute Gasteiger partial charge is 0.265 e. The summed E-state index contributed by atoms with van der Waals surface area (Å²) < 4.78 is 19.7. The van der Waals surface area contributed by atoms with Crippen LogP contribution >= 0.6 is 0 Å². The maximum absolute atomic E-state index is 13.7. The molecule has 34 heavy (non-hydrogen) atoms. The highest BCUT2D eigenvalue weighted by atomic mass is 16.5. The zero-order chi connectivity index (χ0) is 23.4. The molecule has 9 heteroatoms. The van der Waals surface area contributed by atoms with Crippen molar-refractivity contribution >= 4 is 11.3 Å². The van der Waals surface area contributed by atoms with Crippen LogP contribution in [0.3, 0.4) is 0 Å². The highest BCUT2D eigenvalue weighted by Crippen LogP contribution is 2.44. The monoisotopic (exact) mass is 454 g/mol. The molecule has 168 valence electrons. The summed E-state index contributed by atoms with van der Waals surface area (Å²) in [5.41, 5.74) is 1.34. The number of methoxy groups -OCH3 is 2. The van der Waals surface area contributed by atoms with E-state index < -0.39 is 5.92 Å². The van der Waals surface area contributed by atoms with Gasteiger partial charge in [0.25, 0.3) is 11.1 Å². The highest BCUT2D eigenvalue weighted by molar-refractivity contribution is 5.59. The molecule has 1 aliphatic rings. The second kappa shape index (κ2) is 7.45. The van der Waals surface area contributed by atoms with E-state index in [9.17, 15) is 9.59 Å². The summed E-state index contributed by atoms with van der Waals surface area (Å²) in [6, 6.07) is 15.8. The lowest BCUT2D eigenvalue weighted by Gasteiger charge is -2.26. The van der Waals surface area contributed by atoms with Gasteiger partial charge in [-0.2, -0.15) is 9.97 Å². The molecule has 0 bridgehead atoms. The molecule has 0 spiro atoms. The third kappa shape index (κ3) is 2.80. The van der Waals surface area contributed by atoms with Gasteiger partial charge in [0.15, 0.2) is 11.5 Å². The summed E-state index contributed by atoms with van der Waals surface area (Å²) in [6.45, 7) is 0.